The monoisotopic (exact) mass is 1100 g/mol. The fraction of sp³-hybridized carbons (Fsp3) is 0.770. The summed E-state index contributed by atoms with van der Waals surface area (Å²) in [6.45, 7) is 16.0. The smallest absolute Gasteiger partial charge is 0.329 e. The third kappa shape index (κ3) is 17.8. The summed E-state index contributed by atoms with van der Waals surface area (Å²) in [5.41, 5.74) is 1.27. The van der Waals surface area contributed by atoms with Crippen molar-refractivity contribution >= 4 is 35.2 Å². The van der Waals surface area contributed by atoms with Gasteiger partial charge in [0, 0.05) is 71.6 Å². The summed E-state index contributed by atoms with van der Waals surface area (Å²) in [6, 6.07) is -1.15. The van der Waals surface area contributed by atoms with Crippen LogP contribution in [-0.2, 0) is 61.9 Å². The van der Waals surface area contributed by atoms with Gasteiger partial charge in [0.2, 0.25) is 5.79 Å². The van der Waals surface area contributed by atoms with E-state index in [0.717, 1.165) is 57.3 Å². The molecule has 4 aliphatic heterocycles. The number of rotatable bonds is 12. The van der Waals surface area contributed by atoms with Gasteiger partial charge >= 0.3 is 11.9 Å². The number of aliphatic hydroxyl groups excluding tert-OH is 1. The summed E-state index contributed by atoms with van der Waals surface area (Å²) < 4.78 is 41.5. The molecule has 2 bridgehead atoms. The molecule has 0 aromatic rings. The fourth-order valence-corrected chi connectivity index (χ4v) is 12.4. The molecule has 78 heavy (non-hydrogen) atoms. The maximum Gasteiger partial charge on any atom is 0.329 e. The van der Waals surface area contributed by atoms with Gasteiger partial charge in [-0.3, -0.25) is 24.0 Å². The summed E-state index contributed by atoms with van der Waals surface area (Å²) in [7, 11) is 6.10. The van der Waals surface area contributed by atoms with Gasteiger partial charge in [-0.2, -0.15) is 0 Å². The van der Waals surface area contributed by atoms with Crippen LogP contribution >= 0.6 is 0 Å². The van der Waals surface area contributed by atoms with Gasteiger partial charge in [-0.15, -0.1) is 0 Å². The molecule has 5 aliphatic rings. The molecule has 3 saturated heterocycles. The van der Waals surface area contributed by atoms with Gasteiger partial charge in [-0.25, -0.2) is 4.79 Å². The van der Waals surface area contributed by atoms with Crippen LogP contribution in [0.2, 0.25) is 0 Å². The number of cyclic esters (lactones) is 1. The largest absolute Gasteiger partial charge is 0.469 e. The lowest BCUT2D eigenvalue weighted by molar-refractivity contribution is -0.265. The van der Waals surface area contributed by atoms with E-state index >= 15 is 0 Å². The molecule has 1 amide bonds. The number of Topliss-reactive ketones (excluding diaryl/α,β-unsaturated/α-hetero) is 3. The molecule has 1 saturated carbocycles. The van der Waals surface area contributed by atoms with Crippen molar-refractivity contribution in [1.29, 1.82) is 0 Å². The minimum Gasteiger partial charge on any atom is -0.469 e. The first-order valence-corrected chi connectivity index (χ1v) is 29.1. The Hall–Kier alpha value is -3.94. The van der Waals surface area contributed by atoms with Gasteiger partial charge in [-0.05, 0) is 139 Å². The Kier molecular flexibility index (Phi) is 26.0. The van der Waals surface area contributed by atoms with Gasteiger partial charge in [0.15, 0.2) is 5.78 Å². The van der Waals surface area contributed by atoms with Crippen molar-refractivity contribution in [2.24, 2.45) is 41.4 Å². The molecule has 0 spiro atoms. The quantitative estimate of drug-likeness (QED) is 0.0839. The lowest BCUT2D eigenvalue weighted by Crippen LogP contribution is -2.61. The Morgan fingerprint density at radius 1 is 0.821 bits per heavy atom. The first kappa shape index (κ1) is 64.9. The molecule has 5 rings (SSSR count). The molecule has 0 aromatic carbocycles. The van der Waals surface area contributed by atoms with Crippen LogP contribution < -0.4 is 0 Å². The van der Waals surface area contributed by atoms with Crippen molar-refractivity contribution < 1.29 is 72.1 Å². The molecule has 17 heteroatoms. The standard InChI is InChI=1S/C61H96N2O15/c1-38-18-13-12-14-19-39(2)51(72-8)36-47-23-21-44(7)61(71,78-47)57(67)58(68)63-28-16-15-20-48(63)60(70)77-52(37-49(64)40(3)33-43(6)55(66)56(74-10)54(65)42(5)32-38)41(4)34-45-22-24-50(53(35-45)73-9)76-31-17-27-62-29-25-46(26-30-62)59(69)75-11/h12-14,18-19,33,38,40-42,44-48,50-53,55-56,66,71H,15-17,20-32,34-37H2,1-11H3/b14-12+,18-13+,39-19+,43-33+/t38-,40-,41-,42-,44-,45+,47+,48+,50-,51+,52+,53-,55-,56+,61-/m1/s1. The second-order valence-corrected chi connectivity index (χ2v) is 23.4. The number of hydrogen-bond donors (Lipinski definition) is 2. The molecular weight excluding hydrogens is 1000 g/mol. The SMILES string of the molecule is COC(=O)C1CCN(CCCO[C@@H]2CC[C@@H](C[C@@H](C)[C@@H]3CC(=O)[C@H](C)/C=C(\C)[C@@H](O)[C@@H](OC)C(=O)[C@H](C)C[C@H](C)/C=C/C=C/C=C(\C)[C@@H](OC)C[C@@H]4CC[C@@H](C)[C@@](O)(O4)C(=O)C(=O)N4CCCC[C@H]4C(=O)O3)C[C@H]2OC)CC1. The highest BCUT2D eigenvalue weighted by Crippen LogP contribution is 2.38. The number of hydrogen-bond acceptors (Lipinski definition) is 16. The first-order chi connectivity index (χ1) is 37.1. The predicted molar refractivity (Wildman–Crippen MR) is 295 cm³/mol. The molecule has 440 valence electrons. The van der Waals surface area contributed by atoms with Crippen LogP contribution in [0.3, 0.4) is 0 Å². The zero-order valence-corrected chi connectivity index (χ0v) is 48.9. The van der Waals surface area contributed by atoms with Crippen LogP contribution in [0.25, 0.3) is 0 Å². The van der Waals surface area contributed by atoms with E-state index in [4.69, 9.17) is 33.2 Å². The van der Waals surface area contributed by atoms with Gasteiger partial charge in [0.25, 0.3) is 11.7 Å². The number of carbonyl (C=O) groups is 6. The Bertz CT molecular complexity index is 2120. The van der Waals surface area contributed by atoms with Crippen LogP contribution in [0.15, 0.2) is 47.6 Å². The number of esters is 2. The molecule has 4 heterocycles. The number of aliphatic hydroxyl groups is 2. The topological polar surface area (TPSA) is 214 Å². The Morgan fingerprint density at radius 2 is 1.55 bits per heavy atom. The van der Waals surface area contributed by atoms with Crippen molar-refractivity contribution in [3.05, 3.63) is 47.6 Å². The Labute approximate surface area is 465 Å². The van der Waals surface area contributed by atoms with Gasteiger partial charge in [-0.1, -0.05) is 71.1 Å². The molecule has 4 fully saturated rings. The summed E-state index contributed by atoms with van der Waals surface area (Å²) in [4.78, 5) is 87.2. The van der Waals surface area contributed by atoms with Gasteiger partial charge in [0.05, 0.1) is 37.4 Å². The molecule has 2 N–H and O–H groups in total. The van der Waals surface area contributed by atoms with E-state index in [1.807, 2.05) is 58.1 Å². The summed E-state index contributed by atoms with van der Waals surface area (Å²) in [6.07, 6.45) is 14.7. The number of ketones is 3. The maximum absolute atomic E-state index is 14.6. The van der Waals surface area contributed by atoms with E-state index < -0.39 is 77.8 Å². The molecule has 17 nitrogen and oxygen atoms in total. The van der Waals surface area contributed by atoms with Crippen LogP contribution in [0.5, 0.6) is 0 Å². The second-order valence-electron chi connectivity index (χ2n) is 23.4. The number of likely N-dealkylation sites (tertiary alicyclic amines) is 1. The van der Waals surface area contributed by atoms with Crippen LogP contribution in [-0.4, -0.2) is 171 Å². The van der Waals surface area contributed by atoms with Crippen molar-refractivity contribution in [3.8, 4) is 0 Å². The number of nitrogens with zero attached hydrogens (tertiary/aromatic N) is 2. The fourth-order valence-electron chi connectivity index (χ4n) is 12.4. The summed E-state index contributed by atoms with van der Waals surface area (Å²) in [5.74, 6) is -8.12. The summed E-state index contributed by atoms with van der Waals surface area (Å²) >= 11 is 0. The van der Waals surface area contributed by atoms with E-state index in [0.29, 0.717) is 63.5 Å². The number of ether oxygens (including phenoxy) is 7. The van der Waals surface area contributed by atoms with Crippen LogP contribution in [0, 0.1) is 41.4 Å². The minimum absolute atomic E-state index is 0.0115. The highest BCUT2D eigenvalue weighted by atomic mass is 16.6. The van der Waals surface area contributed by atoms with E-state index in [1.54, 1.807) is 41.1 Å². The predicted octanol–water partition coefficient (Wildman–Crippen LogP) is 7.48. The molecule has 0 aromatic heterocycles. The second kappa shape index (κ2) is 31.3. The molecule has 1 aliphatic carbocycles. The zero-order valence-electron chi connectivity index (χ0n) is 48.9. The highest BCUT2D eigenvalue weighted by molar-refractivity contribution is 6.39. The molecule has 0 radical (unpaired) electrons. The van der Waals surface area contributed by atoms with E-state index in [-0.39, 0.29) is 72.8 Å². The van der Waals surface area contributed by atoms with Crippen LogP contribution in [0.4, 0.5) is 0 Å². The number of carbonyl (C=O) groups excluding carboxylic acids is 6. The minimum atomic E-state index is -2.44. The van der Waals surface area contributed by atoms with E-state index in [1.165, 1.54) is 19.1 Å². The molecular formula is C61H96N2O15. The first-order valence-electron chi connectivity index (χ1n) is 29.1. The lowest BCUT2D eigenvalue weighted by atomic mass is 9.78. The normalized spacial score (nSPS) is 37.3. The van der Waals surface area contributed by atoms with Crippen LogP contribution in [0.1, 0.15) is 145 Å². The Morgan fingerprint density at radius 3 is 2.23 bits per heavy atom. The number of fused-ring (bicyclic) bond motifs is 3. The lowest BCUT2D eigenvalue weighted by Gasteiger charge is -2.42. The molecule has 15 atom stereocenters. The van der Waals surface area contributed by atoms with Crippen molar-refractivity contribution in [2.75, 3.05) is 61.2 Å². The third-order valence-electron chi connectivity index (χ3n) is 17.5. The molecule has 0 unspecified atom stereocenters. The Balaban J connectivity index is 1.37. The summed E-state index contributed by atoms with van der Waals surface area (Å²) in [5, 5.41) is 23.6. The van der Waals surface area contributed by atoms with E-state index in [9.17, 15) is 39.0 Å². The number of piperidine rings is 2. The maximum atomic E-state index is 14.6. The zero-order chi connectivity index (χ0) is 57.3. The number of methoxy groups -OCH3 is 4. The van der Waals surface area contributed by atoms with Crippen molar-refractivity contribution in [2.45, 2.75) is 199 Å². The third-order valence-corrected chi connectivity index (χ3v) is 17.5. The van der Waals surface area contributed by atoms with Crippen molar-refractivity contribution in [3.63, 3.8) is 0 Å². The van der Waals surface area contributed by atoms with E-state index in [2.05, 4.69) is 4.90 Å². The average Bonchev–Trinajstić information content (AvgIpc) is 3.47. The highest BCUT2D eigenvalue weighted by Gasteiger charge is 2.53. The number of allylic oxidation sites excluding steroid dienone is 6. The van der Waals surface area contributed by atoms with Crippen molar-refractivity contribution in [1.82, 2.24) is 9.80 Å². The average molecular weight is 1100 g/mol. The van der Waals surface area contributed by atoms with Gasteiger partial charge in [0.1, 0.15) is 30.1 Å². The number of amides is 1. The van der Waals surface area contributed by atoms with Gasteiger partial charge < -0.3 is 53.2 Å².